The molecule has 0 atom stereocenters. The monoisotopic (exact) mass is 396 g/mol. The summed E-state index contributed by atoms with van der Waals surface area (Å²) in [6.07, 6.45) is 28.4. The van der Waals surface area contributed by atoms with Gasteiger partial charge in [0, 0.05) is 0 Å². The molecule has 0 nitrogen and oxygen atoms in total. The van der Waals surface area contributed by atoms with Crippen LogP contribution < -0.4 is 0 Å². The maximum atomic E-state index is 2.43. The van der Waals surface area contributed by atoms with Gasteiger partial charge in [0.05, 0.1) is 0 Å². The van der Waals surface area contributed by atoms with Gasteiger partial charge in [-0.2, -0.15) is 0 Å². The van der Waals surface area contributed by atoms with Gasteiger partial charge in [-0.1, -0.05) is 70.4 Å². The van der Waals surface area contributed by atoms with E-state index in [0.29, 0.717) is 0 Å². The Morgan fingerprint density at radius 3 is 1.24 bits per heavy atom. The zero-order valence-electron chi connectivity index (χ0n) is 20.6. The Morgan fingerprint density at radius 2 is 0.724 bits per heavy atom. The molecule has 0 fully saturated rings. The van der Waals surface area contributed by atoms with Crippen LogP contribution >= 0.6 is 0 Å². The van der Waals surface area contributed by atoms with E-state index >= 15 is 0 Å². The molecule has 29 heavy (non-hydrogen) atoms. The van der Waals surface area contributed by atoms with Gasteiger partial charge in [0.2, 0.25) is 0 Å². The quantitative estimate of drug-likeness (QED) is 0.191. The van der Waals surface area contributed by atoms with Gasteiger partial charge in [-0.05, 0) is 113 Å². The number of hydrogen-bond acceptors (Lipinski definition) is 0. The van der Waals surface area contributed by atoms with E-state index in [1.165, 1.54) is 92.1 Å². The van der Waals surface area contributed by atoms with Crippen LogP contribution in [0.4, 0.5) is 0 Å². The highest BCUT2D eigenvalue weighted by molar-refractivity contribution is 5.06. The van der Waals surface area contributed by atoms with E-state index in [0.717, 1.165) is 0 Å². The fourth-order valence-electron chi connectivity index (χ4n) is 3.12. The van der Waals surface area contributed by atoms with Crippen molar-refractivity contribution < 1.29 is 0 Å². The first-order chi connectivity index (χ1) is 13.8. The minimum atomic E-state index is 1.17. The zero-order valence-corrected chi connectivity index (χ0v) is 20.6. The summed E-state index contributed by atoms with van der Waals surface area (Å²) >= 11 is 0. The van der Waals surface area contributed by atoms with E-state index in [-0.39, 0.29) is 0 Å². The Hall–Kier alpha value is -1.56. The maximum absolute atomic E-state index is 2.43. The summed E-state index contributed by atoms with van der Waals surface area (Å²) in [5.41, 5.74) is 7.43. The Labute approximate surface area is 183 Å². The molecule has 0 aliphatic rings. The first kappa shape index (κ1) is 27.4. The predicted molar refractivity (Wildman–Crippen MR) is 135 cm³/mol. The molecule has 0 unspecified atom stereocenters. The predicted octanol–water partition coefficient (Wildman–Crippen LogP) is 10.2. The molecule has 0 saturated heterocycles. The Bertz CT molecular complexity index is 594. The van der Waals surface area contributed by atoms with Gasteiger partial charge in [-0.3, -0.25) is 0 Å². The van der Waals surface area contributed by atoms with Gasteiger partial charge in [-0.25, -0.2) is 0 Å². The van der Waals surface area contributed by atoms with Crippen LogP contribution in [0.3, 0.4) is 0 Å². The lowest BCUT2D eigenvalue weighted by Gasteiger charge is -2.02. The topological polar surface area (TPSA) is 0 Å². The second-order valence-corrected chi connectivity index (χ2v) is 8.96. The van der Waals surface area contributed by atoms with Crippen molar-refractivity contribution in [2.75, 3.05) is 0 Å². The maximum Gasteiger partial charge on any atom is -0.0288 e. The molecule has 0 aliphatic heterocycles. The summed E-state index contributed by atoms with van der Waals surface area (Å²) < 4.78 is 0. The first-order valence-electron chi connectivity index (χ1n) is 11.7. The summed E-state index contributed by atoms with van der Waals surface area (Å²) in [5, 5.41) is 0. The fraction of sp³-hybridized carbons (Fsp3) is 0.586. The van der Waals surface area contributed by atoms with Gasteiger partial charge >= 0.3 is 0 Å². The fourth-order valence-corrected chi connectivity index (χ4v) is 3.12. The Kier molecular flexibility index (Phi) is 17.5. The van der Waals surface area contributed by atoms with Crippen LogP contribution in [0.2, 0.25) is 0 Å². The van der Waals surface area contributed by atoms with E-state index in [9.17, 15) is 0 Å². The van der Waals surface area contributed by atoms with Gasteiger partial charge in [0.1, 0.15) is 0 Å². The molecule has 0 saturated carbocycles. The molecule has 0 aromatic rings. The van der Waals surface area contributed by atoms with Gasteiger partial charge < -0.3 is 0 Å². The third kappa shape index (κ3) is 21.0. The zero-order chi connectivity index (χ0) is 21.9. The minimum Gasteiger partial charge on any atom is -0.0882 e. The molecule has 0 aromatic carbocycles. The normalized spacial score (nSPS) is 13.1. The van der Waals surface area contributed by atoms with Crippen molar-refractivity contribution in [3.63, 3.8) is 0 Å². The molecule has 0 rings (SSSR count). The molecular weight excluding hydrogens is 348 g/mol. The van der Waals surface area contributed by atoms with Gasteiger partial charge in [0.15, 0.2) is 0 Å². The first-order valence-corrected chi connectivity index (χ1v) is 11.7. The molecule has 0 aliphatic carbocycles. The van der Waals surface area contributed by atoms with Crippen LogP contribution in [-0.4, -0.2) is 0 Å². The largest absolute Gasteiger partial charge is 0.0882 e. The molecule has 0 spiro atoms. The van der Waals surface area contributed by atoms with Crippen molar-refractivity contribution in [2.24, 2.45) is 0 Å². The lowest BCUT2D eigenvalue weighted by Crippen LogP contribution is -1.81. The van der Waals surface area contributed by atoms with E-state index in [4.69, 9.17) is 0 Å². The second-order valence-electron chi connectivity index (χ2n) is 8.96. The van der Waals surface area contributed by atoms with Crippen LogP contribution in [0.1, 0.15) is 113 Å². The third-order valence-electron chi connectivity index (χ3n) is 5.03. The van der Waals surface area contributed by atoms with Crippen molar-refractivity contribution >= 4 is 0 Å². The molecule has 164 valence electrons. The number of rotatable bonds is 15. The molecule has 0 radical (unpaired) electrons. The molecule has 0 N–H and O–H groups in total. The van der Waals surface area contributed by atoms with Gasteiger partial charge in [0.25, 0.3) is 0 Å². The van der Waals surface area contributed by atoms with Crippen LogP contribution in [0.15, 0.2) is 70.4 Å². The summed E-state index contributed by atoms with van der Waals surface area (Å²) in [6.45, 7) is 15.5. The smallest absolute Gasteiger partial charge is 0.0288 e. The van der Waals surface area contributed by atoms with E-state index in [2.05, 4.69) is 91.0 Å². The molecule has 0 heterocycles. The SMILES string of the molecule is CC(C)=CCCC=CCCC(C)=CCCC=C(C)CCC=C(C)CCC=C(C)C. The molecule has 0 bridgehead atoms. The van der Waals surface area contributed by atoms with Crippen LogP contribution in [0, 0.1) is 0 Å². The molecule has 0 aromatic heterocycles. The van der Waals surface area contributed by atoms with Crippen LogP contribution in [0.25, 0.3) is 0 Å². The second kappa shape index (κ2) is 18.5. The lowest BCUT2D eigenvalue weighted by molar-refractivity contribution is 0.901. The van der Waals surface area contributed by atoms with E-state index < -0.39 is 0 Å². The third-order valence-corrected chi connectivity index (χ3v) is 5.03. The molecule has 0 heteroatoms. The highest BCUT2D eigenvalue weighted by Crippen LogP contribution is 2.13. The average molecular weight is 397 g/mol. The summed E-state index contributed by atoms with van der Waals surface area (Å²) in [4.78, 5) is 0. The standard InChI is InChI=1S/C29H48/c1-25(2)17-11-9-8-10-12-19-27(5)20-13-14-21-28(6)23-16-24-29(7)22-15-18-26(3)4/h8,10,17-18,20-21,24H,9,11-16,19,22-23H2,1-7H3. The number of allylic oxidation sites excluding steroid dienone is 12. The van der Waals surface area contributed by atoms with Crippen molar-refractivity contribution in [3.05, 3.63) is 70.4 Å². The van der Waals surface area contributed by atoms with Gasteiger partial charge in [-0.15, -0.1) is 0 Å². The lowest BCUT2D eigenvalue weighted by atomic mass is 10.0. The summed E-state index contributed by atoms with van der Waals surface area (Å²) in [7, 11) is 0. The highest BCUT2D eigenvalue weighted by Gasteiger charge is 1.93. The van der Waals surface area contributed by atoms with Crippen LogP contribution in [0.5, 0.6) is 0 Å². The minimum absolute atomic E-state index is 1.17. The molecule has 0 amide bonds. The number of hydrogen-bond donors (Lipinski definition) is 0. The Morgan fingerprint density at radius 1 is 0.379 bits per heavy atom. The summed E-state index contributed by atoms with van der Waals surface area (Å²) in [6, 6.07) is 0. The van der Waals surface area contributed by atoms with E-state index in [1.54, 1.807) is 0 Å². The van der Waals surface area contributed by atoms with Crippen molar-refractivity contribution in [1.82, 2.24) is 0 Å². The van der Waals surface area contributed by atoms with E-state index in [1.807, 2.05) is 0 Å². The van der Waals surface area contributed by atoms with Crippen molar-refractivity contribution in [1.29, 1.82) is 0 Å². The van der Waals surface area contributed by atoms with Crippen LogP contribution in [-0.2, 0) is 0 Å². The average Bonchev–Trinajstić information content (AvgIpc) is 2.64. The van der Waals surface area contributed by atoms with Crippen molar-refractivity contribution in [2.45, 2.75) is 113 Å². The summed E-state index contributed by atoms with van der Waals surface area (Å²) in [5.74, 6) is 0. The molecular formula is C29H48. The van der Waals surface area contributed by atoms with Crippen molar-refractivity contribution in [3.8, 4) is 0 Å². The Balaban J connectivity index is 3.93. The highest BCUT2D eigenvalue weighted by atomic mass is 14.0. The number of unbranched alkanes of at least 4 members (excludes halogenated alkanes) is 2.